The fraction of sp³-hybridized carbons (Fsp3) is 0.167. The Bertz CT molecular complexity index is 509. The summed E-state index contributed by atoms with van der Waals surface area (Å²) in [4.78, 5) is 22.2. The summed E-state index contributed by atoms with van der Waals surface area (Å²) < 4.78 is 0. The summed E-state index contributed by atoms with van der Waals surface area (Å²) in [7, 11) is 0. The molecule has 1 aromatic carbocycles. The highest BCUT2D eigenvalue weighted by molar-refractivity contribution is 6.33. The molecule has 3 N–H and O–H groups in total. The Morgan fingerprint density at radius 3 is 2.78 bits per heavy atom. The molecule has 0 aliphatic carbocycles. The molecule has 0 bridgehead atoms. The van der Waals surface area contributed by atoms with Gasteiger partial charge in [0.2, 0.25) is 0 Å². The van der Waals surface area contributed by atoms with E-state index in [1.807, 2.05) is 0 Å². The molecule has 0 atom stereocenters. The number of urea groups is 1. The number of halogens is 1. The van der Waals surface area contributed by atoms with Gasteiger partial charge < -0.3 is 15.7 Å². The van der Waals surface area contributed by atoms with Crippen molar-refractivity contribution in [1.29, 1.82) is 0 Å². The van der Waals surface area contributed by atoms with Crippen LogP contribution in [0.2, 0.25) is 5.02 Å². The minimum atomic E-state index is -1.09. The zero-order chi connectivity index (χ0) is 13.5. The molecule has 0 radical (unpaired) electrons. The molecule has 1 rings (SSSR count). The predicted molar refractivity (Wildman–Crippen MR) is 68.9 cm³/mol. The van der Waals surface area contributed by atoms with E-state index in [0.717, 1.165) is 0 Å². The molecule has 0 spiro atoms. The van der Waals surface area contributed by atoms with Gasteiger partial charge in [-0.2, -0.15) is 0 Å². The smallest absolute Gasteiger partial charge is 0.335 e. The van der Waals surface area contributed by atoms with Crippen molar-refractivity contribution < 1.29 is 14.7 Å². The Labute approximate surface area is 109 Å². The number of amides is 2. The van der Waals surface area contributed by atoms with E-state index in [0.29, 0.717) is 13.0 Å². The minimum absolute atomic E-state index is 0.0401. The Morgan fingerprint density at radius 1 is 1.44 bits per heavy atom. The second kappa shape index (κ2) is 6.52. The summed E-state index contributed by atoms with van der Waals surface area (Å²) in [5.41, 5.74) is 0.271. The molecular formula is C12H11ClN2O3. The first kappa shape index (κ1) is 13.9. The van der Waals surface area contributed by atoms with Crippen LogP contribution in [0.5, 0.6) is 0 Å². The number of anilines is 1. The first-order valence-corrected chi connectivity index (χ1v) is 5.43. The van der Waals surface area contributed by atoms with Crippen molar-refractivity contribution in [3.8, 4) is 12.3 Å². The summed E-state index contributed by atoms with van der Waals surface area (Å²) in [5.74, 6) is 1.28. The van der Waals surface area contributed by atoms with Crippen molar-refractivity contribution >= 4 is 29.3 Å². The summed E-state index contributed by atoms with van der Waals surface area (Å²) in [6.45, 7) is 0.332. The number of terminal acetylenes is 1. The number of aromatic carboxylic acids is 1. The van der Waals surface area contributed by atoms with Crippen molar-refractivity contribution in [2.24, 2.45) is 0 Å². The number of hydrogen-bond donors (Lipinski definition) is 3. The second-order valence-electron chi connectivity index (χ2n) is 3.33. The van der Waals surface area contributed by atoms with Crippen LogP contribution < -0.4 is 10.6 Å². The van der Waals surface area contributed by atoms with Crippen LogP contribution in [-0.4, -0.2) is 23.7 Å². The number of carboxylic acids is 1. The third kappa shape index (κ3) is 4.00. The summed E-state index contributed by atoms with van der Waals surface area (Å²) in [6, 6.07) is 3.55. The van der Waals surface area contributed by atoms with Gasteiger partial charge in [0.25, 0.3) is 0 Å². The van der Waals surface area contributed by atoms with Gasteiger partial charge in [-0.3, -0.25) is 0 Å². The first-order chi connectivity index (χ1) is 8.54. The molecule has 0 saturated carbocycles. The number of nitrogens with one attached hydrogen (secondary N) is 2. The largest absolute Gasteiger partial charge is 0.478 e. The summed E-state index contributed by atoms with van der Waals surface area (Å²) in [6.07, 6.45) is 5.45. The van der Waals surface area contributed by atoms with Crippen LogP contribution in [0.15, 0.2) is 18.2 Å². The zero-order valence-corrected chi connectivity index (χ0v) is 10.1. The molecule has 2 amide bonds. The van der Waals surface area contributed by atoms with Gasteiger partial charge in [0, 0.05) is 13.0 Å². The molecule has 0 heterocycles. The fourth-order valence-electron chi connectivity index (χ4n) is 1.17. The van der Waals surface area contributed by atoms with E-state index in [1.165, 1.54) is 18.2 Å². The normalized spacial score (nSPS) is 9.33. The van der Waals surface area contributed by atoms with Crippen LogP contribution in [0.1, 0.15) is 16.8 Å². The van der Waals surface area contributed by atoms with Gasteiger partial charge in [0.05, 0.1) is 16.3 Å². The molecular weight excluding hydrogens is 256 g/mol. The van der Waals surface area contributed by atoms with E-state index < -0.39 is 12.0 Å². The average molecular weight is 267 g/mol. The maximum atomic E-state index is 11.4. The molecule has 1 aromatic rings. The maximum Gasteiger partial charge on any atom is 0.335 e. The number of rotatable bonds is 4. The van der Waals surface area contributed by atoms with E-state index >= 15 is 0 Å². The zero-order valence-electron chi connectivity index (χ0n) is 9.37. The Balaban J connectivity index is 2.72. The lowest BCUT2D eigenvalue weighted by atomic mass is 10.2. The Hall–Kier alpha value is -2.19. The molecule has 0 aromatic heterocycles. The van der Waals surface area contributed by atoms with Crippen LogP contribution >= 0.6 is 11.6 Å². The molecule has 0 unspecified atom stereocenters. The molecule has 0 aliphatic rings. The van der Waals surface area contributed by atoms with Gasteiger partial charge in [-0.1, -0.05) is 11.6 Å². The van der Waals surface area contributed by atoms with Crippen molar-refractivity contribution in [3.05, 3.63) is 28.8 Å². The monoisotopic (exact) mass is 266 g/mol. The van der Waals surface area contributed by atoms with Crippen LogP contribution in [-0.2, 0) is 0 Å². The van der Waals surface area contributed by atoms with E-state index in [2.05, 4.69) is 16.6 Å². The number of hydrogen-bond acceptors (Lipinski definition) is 2. The topological polar surface area (TPSA) is 78.4 Å². The molecule has 94 valence electrons. The highest BCUT2D eigenvalue weighted by Gasteiger charge is 2.09. The van der Waals surface area contributed by atoms with Gasteiger partial charge in [-0.05, 0) is 18.2 Å². The van der Waals surface area contributed by atoms with E-state index in [4.69, 9.17) is 23.1 Å². The maximum absolute atomic E-state index is 11.4. The highest BCUT2D eigenvalue weighted by atomic mass is 35.5. The van der Waals surface area contributed by atoms with Crippen LogP contribution in [0.4, 0.5) is 10.5 Å². The lowest BCUT2D eigenvalue weighted by Crippen LogP contribution is -2.29. The lowest BCUT2D eigenvalue weighted by molar-refractivity contribution is 0.0697. The van der Waals surface area contributed by atoms with Gasteiger partial charge >= 0.3 is 12.0 Å². The molecule has 0 fully saturated rings. The van der Waals surface area contributed by atoms with Crippen molar-refractivity contribution in [3.63, 3.8) is 0 Å². The minimum Gasteiger partial charge on any atom is -0.478 e. The predicted octanol–water partition coefficient (Wildman–Crippen LogP) is 2.18. The van der Waals surface area contributed by atoms with E-state index in [1.54, 1.807) is 0 Å². The quantitative estimate of drug-likeness (QED) is 0.577. The Morgan fingerprint density at radius 2 is 2.17 bits per heavy atom. The number of carbonyl (C=O) groups excluding carboxylic acids is 1. The van der Waals surface area contributed by atoms with Crippen LogP contribution in [0, 0.1) is 12.3 Å². The second-order valence-corrected chi connectivity index (χ2v) is 3.74. The number of benzene rings is 1. The van der Waals surface area contributed by atoms with Gasteiger partial charge in [-0.25, -0.2) is 9.59 Å². The van der Waals surface area contributed by atoms with Crippen molar-refractivity contribution in [1.82, 2.24) is 5.32 Å². The summed E-state index contributed by atoms with van der Waals surface area (Å²) >= 11 is 5.84. The van der Waals surface area contributed by atoms with Crippen LogP contribution in [0.3, 0.4) is 0 Å². The third-order valence-electron chi connectivity index (χ3n) is 2.02. The van der Waals surface area contributed by atoms with Crippen molar-refractivity contribution in [2.45, 2.75) is 6.42 Å². The van der Waals surface area contributed by atoms with Gasteiger partial charge in [-0.15, -0.1) is 12.3 Å². The molecule has 18 heavy (non-hydrogen) atoms. The fourth-order valence-corrected chi connectivity index (χ4v) is 1.33. The Kier molecular flexibility index (Phi) is 5.03. The molecule has 5 nitrogen and oxygen atoms in total. The van der Waals surface area contributed by atoms with E-state index in [-0.39, 0.29) is 16.3 Å². The standard InChI is InChI=1S/C12H11ClN2O3/c1-2-3-6-14-12(18)15-10-7-8(11(16)17)4-5-9(10)13/h1,4-5,7H,3,6H2,(H,16,17)(H2,14,15,18). The molecule has 0 saturated heterocycles. The number of carboxylic acid groups (broad SMARTS) is 1. The first-order valence-electron chi connectivity index (χ1n) is 5.05. The molecule has 0 aliphatic heterocycles. The number of carbonyl (C=O) groups is 2. The van der Waals surface area contributed by atoms with E-state index in [9.17, 15) is 9.59 Å². The third-order valence-corrected chi connectivity index (χ3v) is 2.35. The highest BCUT2D eigenvalue weighted by Crippen LogP contribution is 2.22. The summed E-state index contributed by atoms with van der Waals surface area (Å²) in [5, 5.41) is 14.0. The average Bonchev–Trinajstić information content (AvgIpc) is 2.32. The van der Waals surface area contributed by atoms with Gasteiger partial charge in [0.1, 0.15) is 0 Å². The van der Waals surface area contributed by atoms with Gasteiger partial charge in [0.15, 0.2) is 0 Å². The molecule has 6 heteroatoms. The SMILES string of the molecule is C#CCCNC(=O)Nc1cc(C(=O)O)ccc1Cl. The van der Waals surface area contributed by atoms with Crippen molar-refractivity contribution in [2.75, 3.05) is 11.9 Å². The van der Waals surface area contributed by atoms with Crippen LogP contribution in [0.25, 0.3) is 0 Å². The lowest BCUT2D eigenvalue weighted by Gasteiger charge is -2.08.